The smallest absolute Gasteiger partial charge is 0.319 e. The highest BCUT2D eigenvalue weighted by Crippen LogP contribution is 2.36. The summed E-state index contributed by atoms with van der Waals surface area (Å²) in [5, 5.41) is 5.49. The Hall–Kier alpha value is -2.70. The van der Waals surface area contributed by atoms with Crippen molar-refractivity contribution in [3.05, 3.63) is 35.0 Å². The Morgan fingerprint density at radius 1 is 1.18 bits per heavy atom. The summed E-state index contributed by atoms with van der Waals surface area (Å²) in [5.74, 6) is 1.05. The SMILES string of the molecule is COc1ccc(C2NC(=O)NC3=C2C(=O)N(C)C3)cc1OC. The highest BCUT2D eigenvalue weighted by molar-refractivity contribution is 6.01. The first-order valence-electron chi connectivity index (χ1n) is 6.83. The molecule has 7 heteroatoms. The molecule has 1 atom stereocenters. The maximum atomic E-state index is 12.3. The lowest BCUT2D eigenvalue weighted by atomic mass is 9.96. The molecular weight excluding hydrogens is 286 g/mol. The minimum absolute atomic E-state index is 0.0951. The maximum Gasteiger partial charge on any atom is 0.319 e. The van der Waals surface area contributed by atoms with Gasteiger partial charge in [-0.3, -0.25) is 4.79 Å². The van der Waals surface area contributed by atoms with Gasteiger partial charge < -0.3 is 25.0 Å². The lowest BCUT2D eigenvalue weighted by Gasteiger charge is -2.26. The van der Waals surface area contributed by atoms with Crippen LogP contribution in [0.1, 0.15) is 11.6 Å². The van der Waals surface area contributed by atoms with E-state index in [0.29, 0.717) is 29.3 Å². The second-order valence-corrected chi connectivity index (χ2v) is 5.20. The molecule has 0 radical (unpaired) electrons. The number of rotatable bonds is 3. The van der Waals surface area contributed by atoms with E-state index in [1.807, 2.05) is 6.07 Å². The predicted octanol–water partition coefficient (Wildman–Crippen LogP) is 0.784. The van der Waals surface area contributed by atoms with Crippen LogP contribution in [0.4, 0.5) is 4.79 Å². The van der Waals surface area contributed by atoms with Gasteiger partial charge in [-0.1, -0.05) is 6.07 Å². The number of carbonyl (C=O) groups excluding carboxylic acids is 2. The Balaban J connectivity index is 2.05. The number of nitrogens with zero attached hydrogens (tertiary/aromatic N) is 1. The van der Waals surface area contributed by atoms with Crippen LogP contribution in [-0.2, 0) is 4.79 Å². The van der Waals surface area contributed by atoms with Crippen LogP contribution in [0.3, 0.4) is 0 Å². The fourth-order valence-electron chi connectivity index (χ4n) is 2.79. The Morgan fingerprint density at radius 2 is 1.91 bits per heavy atom. The summed E-state index contributed by atoms with van der Waals surface area (Å²) >= 11 is 0. The molecule has 1 aromatic carbocycles. The molecule has 3 rings (SSSR count). The van der Waals surface area contributed by atoms with Gasteiger partial charge in [0.05, 0.1) is 38.1 Å². The van der Waals surface area contributed by atoms with Crippen molar-refractivity contribution in [2.75, 3.05) is 27.8 Å². The normalized spacial score (nSPS) is 20.5. The van der Waals surface area contributed by atoms with Crippen LogP contribution < -0.4 is 20.1 Å². The predicted molar refractivity (Wildman–Crippen MR) is 78.6 cm³/mol. The van der Waals surface area contributed by atoms with E-state index in [2.05, 4.69) is 10.6 Å². The molecule has 7 nitrogen and oxygen atoms in total. The standard InChI is InChI=1S/C15H17N3O4/c1-18-7-9-12(14(18)19)13(17-15(20)16-9)8-4-5-10(21-2)11(6-8)22-3/h4-6,13H,7H2,1-3H3,(H2,16,17,20). The number of likely N-dealkylation sites (N-methyl/N-ethyl adjacent to an activating group) is 1. The Labute approximate surface area is 127 Å². The lowest BCUT2D eigenvalue weighted by Crippen LogP contribution is -2.44. The molecule has 0 fully saturated rings. The van der Waals surface area contributed by atoms with Crippen LogP contribution in [0.5, 0.6) is 11.5 Å². The van der Waals surface area contributed by atoms with Gasteiger partial charge in [0.2, 0.25) is 0 Å². The number of benzene rings is 1. The Bertz CT molecular complexity index is 683. The molecule has 0 aromatic heterocycles. The molecule has 0 bridgehead atoms. The van der Waals surface area contributed by atoms with Gasteiger partial charge >= 0.3 is 6.03 Å². The van der Waals surface area contributed by atoms with E-state index >= 15 is 0 Å². The maximum absolute atomic E-state index is 12.3. The van der Waals surface area contributed by atoms with Crippen molar-refractivity contribution in [1.82, 2.24) is 15.5 Å². The first-order valence-corrected chi connectivity index (χ1v) is 6.83. The van der Waals surface area contributed by atoms with Gasteiger partial charge in [0.1, 0.15) is 0 Å². The minimum atomic E-state index is -0.499. The topological polar surface area (TPSA) is 79.9 Å². The molecule has 3 amide bonds. The Morgan fingerprint density at radius 3 is 2.59 bits per heavy atom. The molecule has 0 saturated heterocycles. The van der Waals surface area contributed by atoms with Crippen molar-refractivity contribution in [3.63, 3.8) is 0 Å². The number of urea groups is 1. The van der Waals surface area contributed by atoms with E-state index in [-0.39, 0.29) is 11.9 Å². The summed E-state index contributed by atoms with van der Waals surface area (Å²) in [5.41, 5.74) is 1.98. The third kappa shape index (κ3) is 2.14. The van der Waals surface area contributed by atoms with Gasteiger partial charge in [0, 0.05) is 7.05 Å². The number of ether oxygens (including phenoxy) is 2. The van der Waals surface area contributed by atoms with Crippen LogP contribution >= 0.6 is 0 Å². The quantitative estimate of drug-likeness (QED) is 0.865. The summed E-state index contributed by atoms with van der Waals surface area (Å²) < 4.78 is 10.5. The fourth-order valence-corrected chi connectivity index (χ4v) is 2.79. The highest BCUT2D eigenvalue weighted by Gasteiger charge is 2.39. The van der Waals surface area contributed by atoms with Gasteiger partial charge in [-0.05, 0) is 17.7 Å². The van der Waals surface area contributed by atoms with Crippen LogP contribution in [0.25, 0.3) is 0 Å². The van der Waals surface area contributed by atoms with Gasteiger partial charge in [0.25, 0.3) is 5.91 Å². The number of carbonyl (C=O) groups is 2. The molecule has 0 spiro atoms. The molecule has 1 aromatic rings. The molecule has 0 aliphatic carbocycles. The second kappa shape index (κ2) is 5.25. The van der Waals surface area contributed by atoms with E-state index in [1.165, 1.54) is 0 Å². The highest BCUT2D eigenvalue weighted by atomic mass is 16.5. The minimum Gasteiger partial charge on any atom is -0.493 e. The first kappa shape index (κ1) is 14.2. The number of methoxy groups -OCH3 is 2. The molecular formula is C15H17N3O4. The third-order valence-electron chi connectivity index (χ3n) is 3.87. The molecule has 116 valence electrons. The van der Waals surface area contributed by atoms with Crippen molar-refractivity contribution < 1.29 is 19.1 Å². The zero-order valence-electron chi connectivity index (χ0n) is 12.6. The van der Waals surface area contributed by atoms with Gasteiger partial charge in [-0.15, -0.1) is 0 Å². The zero-order valence-corrected chi connectivity index (χ0v) is 12.6. The summed E-state index contributed by atoms with van der Waals surface area (Å²) in [6, 6.07) is 4.52. The van der Waals surface area contributed by atoms with Crippen molar-refractivity contribution in [1.29, 1.82) is 0 Å². The first-order chi connectivity index (χ1) is 10.5. The van der Waals surface area contributed by atoms with E-state index in [1.54, 1.807) is 38.3 Å². The molecule has 22 heavy (non-hydrogen) atoms. The second-order valence-electron chi connectivity index (χ2n) is 5.20. The largest absolute Gasteiger partial charge is 0.493 e. The van der Waals surface area contributed by atoms with Gasteiger partial charge in [-0.2, -0.15) is 0 Å². The number of hydrogen-bond acceptors (Lipinski definition) is 4. The molecule has 1 unspecified atom stereocenters. The van der Waals surface area contributed by atoms with Gasteiger partial charge in [0.15, 0.2) is 11.5 Å². The van der Waals surface area contributed by atoms with Crippen LogP contribution in [0, 0.1) is 0 Å². The Kier molecular flexibility index (Phi) is 3.40. The van der Waals surface area contributed by atoms with E-state index in [9.17, 15) is 9.59 Å². The van der Waals surface area contributed by atoms with Gasteiger partial charge in [-0.25, -0.2) is 4.79 Å². The van der Waals surface area contributed by atoms with Crippen molar-refractivity contribution in [3.8, 4) is 11.5 Å². The number of hydrogen-bond donors (Lipinski definition) is 2. The zero-order chi connectivity index (χ0) is 15.9. The fraction of sp³-hybridized carbons (Fsp3) is 0.333. The van der Waals surface area contributed by atoms with E-state index in [0.717, 1.165) is 5.56 Å². The van der Waals surface area contributed by atoms with E-state index in [4.69, 9.17) is 9.47 Å². The van der Waals surface area contributed by atoms with Crippen LogP contribution in [0.2, 0.25) is 0 Å². The van der Waals surface area contributed by atoms with Crippen molar-refractivity contribution in [2.45, 2.75) is 6.04 Å². The van der Waals surface area contributed by atoms with Crippen molar-refractivity contribution >= 4 is 11.9 Å². The summed E-state index contributed by atoms with van der Waals surface area (Å²) in [4.78, 5) is 25.7. The summed E-state index contributed by atoms with van der Waals surface area (Å²) in [6.07, 6.45) is 0. The molecule has 0 saturated carbocycles. The molecule has 2 aliphatic rings. The summed E-state index contributed by atoms with van der Waals surface area (Å²) in [7, 11) is 4.81. The number of nitrogens with one attached hydrogen (secondary N) is 2. The van der Waals surface area contributed by atoms with Crippen molar-refractivity contribution in [2.24, 2.45) is 0 Å². The number of amides is 3. The molecule has 2 aliphatic heterocycles. The average molecular weight is 303 g/mol. The van der Waals surface area contributed by atoms with Crippen LogP contribution in [0.15, 0.2) is 29.5 Å². The monoisotopic (exact) mass is 303 g/mol. The third-order valence-corrected chi connectivity index (χ3v) is 3.87. The average Bonchev–Trinajstić information content (AvgIpc) is 2.80. The molecule has 2 N–H and O–H groups in total. The molecule has 2 heterocycles. The van der Waals surface area contributed by atoms with Crippen LogP contribution in [-0.4, -0.2) is 44.7 Å². The summed E-state index contributed by atoms with van der Waals surface area (Å²) in [6.45, 7) is 0.408. The van der Waals surface area contributed by atoms with E-state index < -0.39 is 6.04 Å². The lowest BCUT2D eigenvalue weighted by molar-refractivity contribution is -0.124.